The molecule has 3 nitrogen and oxygen atoms in total. The van der Waals surface area contributed by atoms with Gasteiger partial charge in [-0.05, 0) is 31.2 Å². The number of hydrogen-bond acceptors (Lipinski definition) is 2. The highest BCUT2D eigenvalue weighted by Crippen LogP contribution is 2.28. The van der Waals surface area contributed by atoms with Gasteiger partial charge in [0.1, 0.15) is 5.82 Å². The second-order valence-corrected chi connectivity index (χ2v) is 5.07. The normalized spacial score (nSPS) is 11.8. The monoisotopic (exact) mass is 306 g/mol. The first-order valence-corrected chi connectivity index (χ1v) is 6.93. The first-order chi connectivity index (χ1) is 10.0. The largest absolute Gasteiger partial charge is 0.377 e. The Morgan fingerprint density at radius 3 is 2.62 bits per heavy atom. The van der Waals surface area contributed by atoms with E-state index >= 15 is 0 Å². The molecule has 0 radical (unpaired) electrons. The van der Waals surface area contributed by atoms with Gasteiger partial charge in [-0.2, -0.15) is 0 Å². The molecule has 1 amide bonds. The molecule has 0 aliphatic rings. The zero-order valence-electron chi connectivity index (χ0n) is 11.8. The molecule has 2 rings (SSSR count). The molecule has 0 heterocycles. The minimum absolute atomic E-state index is 0.201. The molecule has 0 aliphatic carbocycles. The van der Waals surface area contributed by atoms with Gasteiger partial charge in [0, 0.05) is 18.2 Å². The first kappa shape index (κ1) is 15.3. The number of hydrogen-bond donors (Lipinski definition) is 2. The molecule has 0 spiro atoms. The number of benzene rings is 2. The van der Waals surface area contributed by atoms with E-state index < -0.39 is 0 Å². The minimum Gasteiger partial charge on any atom is -0.377 e. The van der Waals surface area contributed by atoms with Gasteiger partial charge in [-0.3, -0.25) is 4.79 Å². The van der Waals surface area contributed by atoms with E-state index in [0.717, 1.165) is 0 Å². The highest BCUT2D eigenvalue weighted by molar-refractivity contribution is 6.33. The molecule has 0 bridgehead atoms. The van der Waals surface area contributed by atoms with Crippen LogP contribution in [0, 0.1) is 5.82 Å². The molecule has 5 heteroatoms. The summed E-state index contributed by atoms with van der Waals surface area (Å²) in [6.07, 6.45) is 0. The van der Waals surface area contributed by atoms with Gasteiger partial charge in [-0.25, -0.2) is 4.39 Å². The van der Waals surface area contributed by atoms with E-state index in [2.05, 4.69) is 10.6 Å². The number of carbonyl (C=O) groups excluding carboxylic acids is 1. The zero-order chi connectivity index (χ0) is 15.4. The summed E-state index contributed by atoms with van der Waals surface area (Å²) in [7, 11) is 1.56. The lowest BCUT2D eigenvalue weighted by Crippen LogP contribution is -2.18. The molecule has 110 valence electrons. The van der Waals surface area contributed by atoms with Gasteiger partial charge in [-0.15, -0.1) is 0 Å². The van der Waals surface area contributed by atoms with Crippen LogP contribution in [0.25, 0.3) is 0 Å². The summed E-state index contributed by atoms with van der Waals surface area (Å²) in [5, 5.41) is 6.16. The van der Waals surface area contributed by atoms with E-state index in [1.165, 1.54) is 6.07 Å². The van der Waals surface area contributed by atoms with Crippen LogP contribution in [0.15, 0.2) is 42.5 Å². The summed E-state index contributed by atoms with van der Waals surface area (Å²) in [5.74, 6) is -0.482. The van der Waals surface area contributed by atoms with Crippen molar-refractivity contribution in [2.45, 2.75) is 13.0 Å². The molecule has 1 unspecified atom stereocenters. The number of amides is 1. The highest BCUT2D eigenvalue weighted by Gasteiger charge is 2.13. The van der Waals surface area contributed by atoms with E-state index in [1.807, 2.05) is 6.92 Å². The maximum Gasteiger partial charge on any atom is 0.251 e. The molecule has 1 atom stereocenters. The second kappa shape index (κ2) is 6.59. The fourth-order valence-electron chi connectivity index (χ4n) is 2.06. The van der Waals surface area contributed by atoms with Crippen molar-refractivity contribution in [1.82, 2.24) is 5.32 Å². The topological polar surface area (TPSA) is 41.1 Å². The van der Waals surface area contributed by atoms with Crippen molar-refractivity contribution in [3.05, 3.63) is 64.4 Å². The molecule has 2 aromatic rings. The third-order valence-electron chi connectivity index (χ3n) is 3.20. The third-order valence-corrected chi connectivity index (χ3v) is 3.53. The number of anilines is 1. The van der Waals surface area contributed by atoms with Gasteiger partial charge >= 0.3 is 0 Å². The van der Waals surface area contributed by atoms with Crippen molar-refractivity contribution in [3.63, 3.8) is 0 Å². The summed E-state index contributed by atoms with van der Waals surface area (Å²) in [6, 6.07) is 11.2. The van der Waals surface area contributed by atoms with Crippen LogP contribution in [-0.4, -0.2) is 13.0 Å². The van der Waals surface area contributed by atoms with Crippen molar-refractivity contribution >= 4 is 23.2 Å². The smallest absolute Gasteiger partial charge is 0.251 e. The third kappa shape index (κ3) is 3.52. The van der Waals surface area contributed by atoms with Crippen molar-refractivity contribution in [3.8, 4) is 0 Å². The minimum atomic E-state index is -0.281. The van der Waals surface area contributed by atoms with Gasteiger partial charge in [-0.1, -0.05) is 29.8 Å². The van der Waals surface area contributed by atoms with Crippen molar-refractivity contribution in [1.29, 1.82) is 0 Å². The van der Waals surface area contributed by atoms with Crippen LogP contribution in [-0.2, 0) is 0 Å². The lowest BCUT2D eigenvalue weighted by molar-refractivity contribution is 0.0963. The number of nitrogens with one attached hydrogen (secondary N) is 2. The van der Waals surface area contributed by atoms with E-state index in [0.29, 0.717) is 21.8 Å². The van der Waals surface area contributed by atoms with Gasteiger partial charge in [0.25, 0.3) is 5.91 Å². The van der Waals surface area contributed by atoms with Crippen molar-refractivity contribution < 1.29 is 9.18 Å². The average molecular weight is 307 g/mol. The summed E-state index contributed by atoms with van der Waals surface area (Å²) in [6.45, 7) is 1.83. The molecule has 2 aromatic carbocycles. The van der Waals surface area contributed by atoms with Crippen LogP contribution in [0.5, 0.6) is 0 Å². The molecular weight excluding hydrogens is 291 g/mol. The SMILES string of the molecule is CNC(=O)c1ccc(Cl)c(NC(C)c2ccccc2F)c1. The van der Waals surface area contributed by atoms with Crippen molar-refractivity contribution in [2.24, 2.45) is 0 Å². The van der Waals surface area contributed by atoms with Crippen LogP contribution in [0.2, 0.25) is 5.02 Å². The quantitative estimate of drug-likeness (QED) is 0.896. The van der Waals surface area contributed by atoms with E-state index in [1.54, 1.807) is 43.4 Å². The zero-order valence-corrected chi connectivity index (χ0v) is 12.5. The number of carbonyl (C=O) groups is 1. The van der Waals surface area contributed by atoms with Gasteiger partial charge in [0.15, 0.2) is 0 Å². The average Bonchev–Trinajstić information content (AvgIpc) is 2.49. The molecule has 0 aliphatic heterocycles. The van der Waals surface area contributed by atoms with Crippen LogP contribution >= 0.6 is 11.6 Å². The summed E-state index contributed by atoms with van der Waals surface area (Å²) < 4.78 is 13.8. The Morgan fingerprint density at radius 1 is 1.24 bits per heavy atom. The van der Waals surface area contributed by atoms with Gasteiger partial charge in [0.2, 0.25) is 0 Å². The molecule has 0 aromatic heterocycles. The second-order valence-electron chi connectivity index (χ2n) is 4.66. The maximum atomic E-state index is 13.8. The number of rotatable bonds is 4. The fraction of sp³-hybridized carbons (Fsp3) is 0.188. The Kier molecular flexibility index (Phi) is 4.81. The van der Waals surface area contributed by atoms with Gasteiger partial charge < -0.3 is 10.6 Å². The number of halogens is 2. The Balaban J connectivity index is 2.27. The Hall–Kier alpha value is -2.07. The lowest BCUT2D eigenvalue weighted by atomic mass is 10.1. The molecule has 0 saturated carbocycles. The van der Waals surface area contributed by atoms with Crippen LogP contribution in [0.3, 0.4) is 0 Å². The lowest BCUT2D eigenvalue weighted by Gasteiger charge is -2.18. The van der Waals surface area contributed by atoms with Crippen LogP contribution in [0.1, 0.15) is 28.9 Å². The Morgan fingerprint density at radius 2 is 1.95 bits per heavy atom. The molecular formula is C16H16ClFN2O. The van der Waals surface area contributed by atoms with E-state index in [9.17, 15) is 9.18 Å². The fourth-order valence-corrected chi connectivity index (χ4v) is 2.23. The van der Waals surface area contributed by atoms with Gasteiger partial charge in [0.05, 0.1) is 16.8 Å². The van der Waals surface area contributed by atoms with E-state index in [-0.39, 0.29) is 17.8 Å². The predicted molar refractivity (Wildman–Crippen MR) is 83.3 cm³/mol. The predicted octanol–water partition coefficient (Wildman–Crippen LogP) is 4.01. The standard InChI is InChI=1S/C16H16ClFN2O/c1-10(12-5-3-4-6-14(12)18)20-15-9-11(16(21)19-2)7-8-13(15)17/h3-10,20H,1-2H3,(H,19,21). The first-order valence-electron chi connectivity index (χ1n) is 6.55. The molecule has 0 saturated heterocycles. The molecule has 21 heavy (non-hydrogen) atoms. The molecule has 0 fully saturated rings. The van der Waals surface area contributed by atoms with Crippen LogP contribution < -0.4 is 10.6 Å². The highest BCUT2D eigenvalue weighted by atomic mass is 35.5. The molecule has 2 N–H and O–H groups in total. The van der Waals surface area contributed by atoms with Crippen molar-refractivity contribution in [2.75, 3.05) is 12.4 Å². The Bertz CT molecular complexity index is 660. The summed E-state index contributed by atoms with van der Waals surface area (Å²) in [5.41, 5.74) is 1.62. The van der Waals surface area contributed by atoms with Crippen LogP contribution in [0.4, 0.5) is 10.1 Å². The Labute approximate surface area is 128 Å². The summed E-state index contributed by atoms with van der Waals surface area (Å²) in [4.78, 5) is 11.6. The summed E-state index contributed by atoms with van der Waals surface area (Å²) >= 11 is 6.13. The maximum absolute atomic E-state index is 13.8. The van der Waals surface area contributed by atoms with E-state index in [4.69, 9.17) is 11.6 Å².